The third kappa shape index (κ3) is 6.77. The van der Waals surface area contributed by atoms with Gasteiger partial charge in [-0.2, -0.15) is 12.6 Å². The first-order valence-electron chi connectivity index (χ1n) is 6.53. The van der Waals surface area contributed by atoms with E-state index in [9.17, 15) is 0 Å². The van der Waals surface area contributed by atoms with Crippen LogP contribution >= 0.6 is 12.6 Å². The minimum absolute atomic E-state index is 0.648. The van der Waals surface area contributed by atoms with E-state index in [2.05, 4.69) is 38.3 Å². The Hall–Kier alpha value is 0.270. The first-order valence-corrected chi connectivity index (χ1v) is 7.16. The molecule has 0 aromatic rings. The molecule has 0 fully saturated rings. The Labute approximate surface area is 107 Å². The van der Waals surface area contributed by atoms with Crippen LogP contribution in [0.5, 0.6) is 0 Å². The lowest BCUT2D eigenvalue weighted by atomic mass is 10.0. The van der Waals surface area contributed by atoms with E-state index < -0.39 is 0 Å². The van der Waals surface area contributed by atoms with Crippen LogP contribution in [0.2, 0.25) is 0 Å². The summed E-state index contributed by atoms with van der Waals surface area (Å²) in [5, 5.41) is 0. The van der Waals surface area contributed by atoms with E-state index in [0.29, 0.717) is 6.04 Å². The maximum atomic E-state index is 5.18. The monoisotopic (exact) mass is 247 g/mol. The highest BCUT2D eigenvalue weighted by molar-refractivity contribution is 7.80. The quantitative estimate of drug-likeness (QED) is 0.596. The summed E-state index contributed by atoms with van der Waals surface area (Å²) in [6, 6.07) is 0.648. The number of nitrogens with zero attached hydrogens (tertiary/aromatic N) is 1. The summed E-state index contributed by atoms with van der Waals surface area (Å²) in [4.78, 5) is 2.54. The average molecular weight is 247 g/mol. The van der Waals surface area contributed by atoms with Crippen molar-refractivity contribution in [2.75, 3.05) is 32.6 Å². The number of hydrogen-bond donors (Lipinski definition) is 1. The molecular formula is C13H29NOS. The molecule has 0 aliphatic heterocycles. The zero-order chi connectivity index (χ0) is 12.4. The van der Waals surface area contributed by atoms with Gasteiger partial charge < -0.3 is 4.74 Å². The van der Waals surface area contributed by atoms with Crippen LogP contribution in [0.3, 0.4) is 0 Å². The standard InChI is InChI=1S/C13H29NOS/c1-5-7-13(11-16)10-14(8-9-15-4)12(3)6-2/h12-13,16H,5-11H2,1-4H3. The van der Waals surface area contributed by atoms with Crippen LogP contribution in [0.25, 0.3) is 0 Å². The van der Waals surface area contributed by atoms with Crippen LogP contribution in [0.15, 0.2) is 0 Å². The van der Waals surface area contributed by atoms with E-state index in [0.717, 1.165) is 31.4 Å². The Balaban J connectivity index is 4.15. The van der Waals surface area contributed by atoms with E-state index in [-0.39, 0.29) is 0 Å². The van der Waals surface area contributed by atoms with Crippen molar-refractivity contribution in [1.29, 1.82) is 0 Å². The fourth-order valence-electron chi connectivity index (χ4n) is 1.94. The van der Waals surface area contributed by atoms with Crippen LogP contribution in [-0.2, 0) is 4.74 Å². The van der Waals surface area contributed by atoms with Gasteiger partial charge in [0.05, 0.1) is 6.61 Å². The van der Waals surface area contributed by atoms with Crippen molar-refractivity contribution in [2.24, 2.45) is 5.92 Å². The Morgan fingerprint density at radius 1 is 1.31 bits per heavy atom. The van der Waals surface area contributed by atoms with Gasteiger partial charge in [0.1, 0.15) is 0 Å². The van der Waals surface area contributed by atoms with Gasteiger partial charge in [0.25, 0.3) is 0 Å². The topological polar surface area (TPSA) is 12.5 Å². The largest absolute Gasteiger partial charge is 0.383 e. The molecule has 98 valence electrons. The molecular weight excluding hydrogens is 218 g/mol. The van der Waals surface area contributed by atoms with Gasteiger partial charge in [-0.25, -0.2) is 0 Å². The van der Waals surface area contributed by atoms with Crippen molar-refractivity contribution in [3.8, 4) is 0 Å². The summed E-state index contributed by atoms with van der Waals surface area (Å²) in [6.45, 7) is 9.83. The Bertz CT molecular complexity index is 155. The summed E-state index contributed by atoms with van der Waals surface area (Å²) in [7, 11) is 1.77. The van der Waals surface area contributed by atoms with E-state index in [1.165, 1.54) is 19.3 Å². The molecule has 2 nitrogen and oxygen atoms in total. The lowest BCUT2D eigenvalue weighted by Crippen LogP contribution is -2.39. The predicted octanol–water partition coefficient (Wildman–Crippen LogP) is 3.08. The first kappa shape index (κ1) is 16.3. The van der Waals surface area contributed by atoms with Crippen molar-refractivity contribution in [3.63, 3.8) is 0 Å². The van der Waals surface area contributed by atoms with Gasteiger partial charge in [0.15, 0.2) is 0 Å². The van der Waals surface area contributed by atoms with Crippen LogP contribution < -0.4 is 0 Å². The number of rotatable bonds is 10. The van der Waals surface area contributed by atoms with Gasteiger partial charge in [-0.1, -0.05) is 20.3 Å². The molecule has 16 heavy (non-hydrogen) atoms. The molecule has 0 N–H and O–H groups in total. The Kier molecular flexibility index (Phi) is 10.6. The number of thiol groups is 1. The second-order valence-corrected chi connectivity index (χ2v) is 4.95. The lowest BCUT2D eigenvalue weighted by Gasteiger charge is -2.31. The maximum Gasteiger partial charge on any atom is 0.0589 e. The highest BCUT2D eigenvalue weighted by Gasteiger charge is 2.16. The molecule has 0 saturated heterocycles. The normalized spacial score (nSPS) is 15.4. The van der Waals surface area contributed by atoms with Crippen molar-refractivity contribution in [1.82, 2.24) is 4.90 Å². The molecule has 0 heterocycles. The van der Waals surface area contributed by atoms with Crippen molar-refractivity contribution >= 4 is 12.6 Å². The summed E-state index contributed by atoms with van der Waals surface area (Å²) >= 11 is 4.46. The van der Waals surface area contributed by atoms with Gasteiger partial charge in [0.2, 0.25) is 0 Å². The zero-order valence-electron chi connectivity index (χ0n) is 11.4. The predicted molar refractivity (Wildman–Crippen MR) is 75.5 cm³/mol. The molecule has 0 aliphatic rings. The lowest BCUT2D eigenvalue weighted by molar-refractivity contribution is 0.111. The van der Waals surface area contributed by atoms with Crippen molar-refractivity contribution in [3.05, 3.63) is 0 Å². The molecule has 2 atom stereocenters. The van der Waals surface area contributed by atoms with Gasteiger partial charge in [-0.05, 0) is 31.4 Å². The molecule has 0 rings (SSSR count). The number of hydrogen-bond acceptors (Lipinski definition) is 3. The van der Waals surface area contributed by atoms with E-state index in [4.69, 9.17) is 4.74 Å². The summed E-state index contributed by atoms with van der Waals surface area (Å²) in [5.74, 6) is 1.72. The zero-order valence-corrected chi connectivity index (χ0v) is 12.3. The fraction of sp³-hybridized carbons (Fsp3) is 1.00. The minimum Gasteiger partial charge on any atom is -0.383 e. The number of ether oxygens (including phenoxy) is 1. The first-order chi connectivity index (χ1) is 7.69. The highest BCUT2D eigenvalue weighted by atomic mass is 32.1. The SMILES string of the molecule is CCCC(CS)CN(CCOC)C(C)CC. The molecule has 3 heteroatoms. The van der Waals surface area contributed by atoms with Crippen molar-refractivity contribution in [2.45, 2.75) is 46.1 Å². The van der Waals surface area contributed by atoms with Crippen LogP contribution in [-0.4, -0.2) is 43.5 Å². The molecule has 0 aliphatic carbocycles. The molecule has 0 spiro atoms. The molecule has 0 bridgehead atoms. The maximum absolute atomic E-state index is 5.18. The third-order valence-electron chi connectivity index (χ3n) is 3.24. The highest BCUT2D eigenvalue weighted by Crippen LogP contribution is 2.13. The van der Waals surface area contributed by atoms with Crippen LogP contribution in [0, 0.1) is 5.92 Å². The van der Waals surface area contributed by atoms with Gasteiger partial charge in [0, 0.05) is 26.2 Å². The second-order valence-electron chi connectivity index (χ2n) is 4.58. The average Bonchev–Trinajstić information content (AvgIpc) is 2.32. The van der Waals surface area contributed by atoms with Crippen LogP contribution in [0.4, 0.5) is 0 Å². The third-order valence-corrected chi connectivity index (χ3v) is 3.76. The molecule has 2 unspecified atom stereocenters. The summed E-state index contributed by atoms with van der Waals surface area (Å²) in [5.41, 5.74) is 0. The van der Waals surface area contributed by atoms with Crippen LogP contribution in [0.1, 0.15) is 40.0 Å². The van der Waals surface area contributed by atoms with Gasteiger partial charge >= 0.3 is 0 Å². The molecule has 0 aromatic heterocycles. The van der Waals surface area contributed by atoms with E-state index in [1.54, 1.807) is 7.11 Å². The smallest absolute Gasteiger partial charge is 0.0589 e. The molecule has 0 radical (unpaired) electrons. The van der Waals surface area contributed by atoms with Gasteiger partial charge in [-0.15, -0.1) is 0 Å². The number of methoxy groups -OCH3 is 1. The second kappa shape index (κ2) is 10.4. The van der Waals surface area contributed by atoms with Crippen molar-refractivity contribution < 1.29 is 4.74 Å². The van der Waals surface area contributed by atoms with E-state index in [1.807, 2.05) is 0 Å². The van der Waals surface area contributed by atoms with Gasteiger partial charge in [-0.3, -0.25) is 4.90 Å². The molecule has 0 aromatic carbocycles. The van der Waals surface area contributed by atoms with E-state index >= 15 is 0 Å². The molecule has 0 saturated carbocycles. The Morgan fingerprint density at radius 2 is 2.00 bits per heavy atom. The fourth-order valence-corrected chi connectivity index (χ4v) is 2.24. The Morgan fingerprint density at radius 3 is 2.44 bits per heavy atom. The summed E-state index contributed by atoms with van der Waals surface area (Å²) < 4.78 is 5.18. The molecule has 0 amide bonds. The summed E-state index contributed by atoms with van der Waals surface area (Å²) in [6.07, 6.45) is 3.74. The minimum atomic E-state index is 0.648.